The van der Waals surface area contributed by atoms with Crippen LogP contribution in [0, 0.1) is 0 Å². The zero-order valence-corrected chi connectivity index (χ0v) is 13.5. The summed E-state index contributed by atoms with van der Waals surface area (Å²) in [7, 11) is 0. The molecule has 0 aliphatic carbocycles. The van der Waals surface area contributed by atoms with Gasteiger partial charge in [-0.1, -0.05) is 67.6 Å². The number of nitrogens with zero attached hydrogens (tertiary/aromatic N) is 1. The Morgan fingerprint density at radius 1 is 1.00 bits per heavy atom. The molecule has 0 aromatic heterocycles. The van der Waals surface area contributed by atoms with Crippen molar-refractivity contribution in [1.82, 2.24) is 4.90 Å². The Morgan fingerprint density at radius 2 is 1.58 bits per heavy atom. The molecule has 3 rings (SSSR count). The molecular formula is C20H19NO3. The van der Waals surface area contributed by atoms with E-state index in [-0.39, 0.29) is 11.3 Å². The Bertz CT molecular complexity index is 781. The van der Waals surface area contributed by atoms with Crippen LogP contribution in [0.25, 0.3) is 5.76 Å². The summed E-state index contributed by atoms with van der Waals surface area (Å²) in [6.45, 7) is 2.42. The third kappa shape index (κ3) is 2.71. The second-order valence-electron chi connectivity index (χ2n) is 5.77. The summed E-state index contributed by atoms with van der Waals surface area (Å²) >= 11 is 0. The third-order valence-corrected chi connectivity index (χ3v) is 4.17. The second-order valence-corrected chi connectivity index (χ2v) is 5.77. The Morgan fingerprint density at radius 3 is 2.17 bits per heavy atom. The molecule has 1 saturated heterocycles. The van der Waals surface area contributed by atoms with E-state index >= 15 is 0 Å². The van der Waals surface area contributed by atoms with Crippen LogP contribution in [0.1, 0.15) is 30.5 Å². The minimum atomic E-state index is -0.626. The van der Waals surface area contributed by atoms with E-state index in [1.165, 1.54) is 0 Å². The zero-order chi connectivity index (χ0) is 17.1. The van der Waals surface area contributed by atoms with Crippen molar-refractivity contribution in [3.05, 3.63) is 77.4 Å². The standard InChI is InChI=1S/C20H19NO3/c1-2-13-21-17(14-9-5-3-6-10-14)16(19(23)20(21)24)18(22)15-11-7-4-8-12-15/h3-12,17,22H,2,13H2,1H3/b18-16-. The van der Waals surface area contributed by atoms with E-state index in [0.29, 0.717) is 12.1 Å². The molecule has 0 radical (unpaired) electrons. The number of rotatable bonds is 4. The highest BCUT2D eigenvalue weighted by Crippen LogP contribution is 2.39. The van der Waals surface area contributed by atoms with Crippen LogP contribution in [0.3, 0.4) is 0 Å². The molecule has 4 heteroatoms. The lowest BCUT2D eigenvalue weighted by Crippen LogP contribution is -2.30. The molecule has 1 atom stereocenters. The maximum Gasteiger partial charge on any atom is 0.295 e. The van der Waals surface area contributed by atoms with Crippen LogP contribution in [0.5, 0.6) is 0 Å². The molecule has 0 saturated carbocycles. The molecule has 1 aliphatic rings. The topological polar surface area (TPSA) is 57.6 Å². The van der Waals surface area contributed by atoms with Crippen molar-refractivity contribution in [2.75, 3.05) is 6.54 Å². The lowest BCUT2D eigenvalue weighted by atomic mass is 9.95. The highest BCUT2D eigenvalue weighted by Gasteiger charge is 2.45. The Labute approximate surface area is 141 Å². The van der Waals surface area contributed by atoms with Gasteiger partial charge < -0.3 is 10.0 Å². The van der Waals surface area contributed by atoms with Gasteiger partial charge in [-0.3, -0.25) is 9.59 Å². The number of Topliss-reactive ketones (excluding diaryl/α,β-unsaturated/α-hetero) is 1. The highest BCUT2D eigenvalue weighted by atomic mass is 16.3. The lowest BCUT2D eigenvalue weighted by molar-refractivity contribution is -0.139. The molecule has 1 N–H and O–H groups in total. The van der Waals surface area contributed by atoms with Gasteiger partial charge in [0.2, 0.25) is 0 Å². The van der Waals surface area contributed by atoms with Gasteiger partial charge in [0, 0.05) is 12.1 Å². The molecule has 1 heterocycles. The third-order valence-electron chi connectivity index (χ3n) is 4.17. The number of likely N-dealkylation sites (tertiary alicyclic amines) is 1. The van der Waals surface area contributed by atoms with Crippen molar-refractivity contribution in [2.24, 2.45) is 0 Å². The fourth-order valence-electron chi connectivity index (χ4n) is 3.08. The summed E-state index contributed by atoms with van der Waals surface area (Å²) in [5.74, 6) is -1.30. The summed E-state index contributed by atoms with van der Waals surface area (Å²) in [4.78, 5) is 26.6. The molecule has 1 unspecified atom stereocenters. The largest absolute Gasteiger partial charge is 0.507 e. The molecule has 24 heavy (non-hydrogen) atoms. The van der Waals surface area contributed by atoms with Gasteiger partial charge >= 0.3 is 0 Å². The fraction of sp³-hybridized carbons (Fsp3) is 0.200. The van der Waals surface area contributed by atoms with Gasteiger partial charge in [0.05, 0.1) is 11.6 Å². The van der Waals surface area contributed by atoms with Crippen molar-refractivity contribution in [3.8, 4) is 0 Å². The quantitative estimate of drug-likeness (QED) is 0.532. The van der Waals surface area contributed by atoms with E-state index in [1.807, 2.05) is 43.3 Å². The zero-order valence-electron chi connectivity index (χ0n) is 13.5. The van der Waals surface area contributed by atoms with Crippen molar-refractivity contribution in [2.45, 2.75) is 19.4 Å². The number of carbonyl (C=O) groups is 2. The van der Waals surface area contributed by atoms with Crippen LogP contribution in [0.15, 0.2) is 66.2 Å². The molecule has 2 aromatic carbocycles. The number of benzene rings is 2. The van der Waals surface area contributed by atoms with Gasteiger partial charge in [-0.2, -0.15) is 0 Å². The van der Waals surface area contributed by atoms with Gasteiger partial charge in [0.1, 0.15) is 5.76 Å². The second kappa shape index (κ2) is 6.71. The molecule has 1 fully saturated rings. The normalized spacial score (nSPS) is 19.7. The number of aliphatic hydroxyl groups is 1. The van der Waals surface area contributed by atoms with Crippen LogP contribution < -0.4 is 0 Å². The predicted molar refractivity (Wildman–Crippen MR) is 92.2 cm³/mol. The molecule has 1 aliphatic heterocycles. The highest BCUT2D eigenvalue weighted by molar-refractivity contribution is 6.46. The number of aliphatic hydroxyl groups excluding tert-OH is 1. The van der Waals surface area contributed by atoms with E-state index in [4.69, 9.17) is 0 Å². The Kier molecular flexibility index (Phi) is 4.47. The molecule has 0 bridgehead atoms. The van der Waals surface area contributed by atoms with Crippen LogP contribution in [0.2, 0.25) is 0 Å². The first-order chi connectivity index (χ1) is 11.6. The van der Waals surface area contributed by atoms with E-state index in [0.717, 1.165) is 12.0 Å². The van der Waals surface area contributed by atoms with Crippen molar-refractivity contribution < 1.29 is 14.7 Å². The molecule has 2 aromatic rings. The van der Waals surface area contributed by atoms with E-state index in [2.05, 4.69) is 0 Å². The van der Waals surface area contributed by atoms with Crippen LogP contribution in [-0.4, -0.2) is 28.2 Å². The van der Waals surface area contributed by atoms with E-state index in [9.17, 15) is 14.7 Å². The van der Waals surface area contributed by atoms with Gasteiger partial charge in [0.25, 0.3) is 11.7 Å². The van der Waals surface area contributed by atoms with E-state index in [1.54, 1.807) is 29.2 Å². The molecule has 1 amide bonds. The number of ketones is 1. The summed E-state index contributed by atoms with van der Waals surface area (Å²) in [6, 6.07) is 17.7. The van der Waals surface area contributed by atoms with Crippen molar-refractivity contribution >= 4 is 17.4 Å². The number of amides is 1. The molecule has 122 valence electrons. The monoisotopic (exact) mass is 321 g/mol. The smallest absolute Gasteiger partial charge is 0.295 e. The van der Waals surface area contributed by atoms with Crippen LogP contribution in [0.4, 0.5) is 0 Å². The molecule has 0 spiro atoms. The van der Waals surface area contributed by atoms with Crippen molar-refractivity contribution in [1.29, 1.82) is 0 Å². The van der Waals surface area contributed by atoms with Crippen LogP contribution in [-0.2, 0) is 9.59 Å². The van der Waals surface area contributed by atoms with Gasteiger partial charge in [-0.25, -0.2) is 0 Å². The summed E-state index contributed by atoms with van der Waals surface area (Å²) in [5, 5.41) is 10.7. The first-order valence-electron chi connectivity index (χ1n) is 8.04. The molecular weight excluding hydrogens is 302 g/mol. The van der Waals surface area contributed by atoms with Gasteiger partial charge in [0.15, 0.2) is 0 Å². The van der Waals surface area contributed by atoms with Crippen molar-refractivity contribution in [3.63, 3.8) is 0 Å². The SMILES string of the molecule is CCCN1C(=O)C(=O)/C(=C(\O)c2ccccc2)C1c1ccccc1. The summed E-state index contributed by atoms with van der Waals surface area (Å²) in [6.07, 6.45) is 0.738. The molecule has 4 nitrogen and oxygen atoms in total. The maximum atomic E-state index is 12.6. The minimum Gasteiger partial charge on any atom is -0.507 e. The Balaban J connectivity index is 2.18. The summed E-state index contributed by atoms with van der Waals surface area (Å²) in [5.41, 5.74) is 1.52. The maximum absolute atomic E-state index is 12.6. The van der Waals surface area contributed by atoms with Crippen LogP contribution >= 0.6 is 0 Å². The minimum absolute atomic E-state index is 0.124. The number of hydrogen-bond donors (Lipinski definition) is 1. The Hall–Kier alpha value is -2.88. The van der Waals surface area contributed by atoms with Gasteiger partial charge in [-0.05, 0) is 12.0 Å². The fourth-order valence-corrected chi connectivity index (χ4v) is 3.08. The number of carbonyl (C=O) groups excluding carboxylic acids is 2. The van der Waals surface area contributed by atoms with Gasteiger partial charge in [-0.15, -0.1) is 0 Å². The average Bonchev–Trinajstić information content (AvgIpc) is 2.88. The predicted octanol–water partition coefficient (Wildman–Crippen LogP) is 3.52. The summed E-state index contributed by atoms with van der Waals surface area (Å²) < 4.78 is 0. The number of hydrogen-bond acceptors (Lipinski definition) is 3. The first-order valence-corrected chi connectivity index (χ1v) is 8.04. The van der Waals surface area contributed by atoms with E-state index < -0.39 is 17.7 Å². The lowest BCUT2D eigenvalue weighted by Gasteiger charge is -2.24. The average molecular weight is 321 g/mol. The first kappa shape index (κ1) is 16.0.